The van der Waals surface area contributed by atoms with Crippen molar-refractivity contribution in [1.82, 2.24) is 18.8 Å². The molecule has 1 amide bonds. The maximum atomic E-state index is 12.7. The minimum Gasteiger partial charge on any atom is -0.338 e. The molecule has 0 saturated carbocycles. The summed E-state index contributed by atoms with van der Waals surface area (Å²) in [5, 5.41) is 0. The zero-order valence-electron chi connectivity index (χ0n) is 13.8. The highest BCUT2D eigenvalue weighted by Gasteiger charge is 2.30. The van der Waals surface area contributed by atoms with E-state index in [9.17, 15) is 18.0 Å². The smallest absolute Gasteiger partial charge is 0.338 e. The average molecular weight is 441 g/mol. The van der Waals surface area contributed by atoms with Gasteiger partial charge in [-0.25, -0.2) is 18.2 Å². The Labute approximate surface area is 159 Å². The molecule has 0 radical (unpaired) electrons. The van der Waals surface area contributed by atoms with Crippen LogP contribution in [0.15, 0.2) is 56.9 Å². The lowest BCUT2D eigenvalue weighted by atomic mass is 10.3. The Morgan fingerprint density at radius 2 is 1.77 bits per heavy atom. The van der Waals surface area contributed by atoms with Gasteiger partial charge in [-0.3, -0.25) is 9.36 Å². The van der Waals surface area contributed by atoms with Gasteiger partial charge in [0.25, 0.3) is 0 Å². The van der Waals surface area contributed by atoms with Crippen LogP contribution in [0.1, 0.15) is 0 Å². The molecule has 8 nitrogen and oxygen atoms in total. The Bertz CT molecular complexity index is 951. The average Bonchev–Trinajstić information content (AvgIpc) is 2.64. The number of carbonyl (C=O) groups is 1. The second-order valence-electron chi connectivity index (χ2n) is 5.77. The maximum Gasteiger partial charge on any atom is 0.347 e. The summed E-state index contributed by atoms with van der Waals surface area (Å²) >= 11 is 3.28. The number of hydrogen-bond donors (Lipinski definition) is 0. The van der Waals surface area contributed by atoms with Crippen molar-refractivity contribution in [3.05, 3.63) is 57.7 Å². The minimum atomic E-state index is -3.58. The Hall–Kier alpha value is -2.04. The predicted octanol–water partition coefficient (Wildman–Crippen LogP) is 0.539. The fraction of sp³-hybridized carbons (Fsp3) is 0.312. The Kier molecular flexibility index (Phi) is 5.54. The monoisotopic (exact) mass is 440 g/mol. The van der Waals surface area contributed by atoms with Gasteiger partial charge in [0.05, 0.1) is 4.90 Å². The third-order valence-electron chi connectivity index (χ3n) is 4.13. The second kappa shape index (κ2) is 7.68. The molecular weight excluding hydrogens is 424 g/mol. The van der Waals surface area contributed by atoms with Gasteiger partial charge in [0.2, 0.25) is 15.9 Å². The lowest BCUT2D eigenvalue weighted by Gasteiger charge is -2.34. The van der Waals surface area contributed by atoms with Crippen LogP contribution in [0, 0.1) is 0 Å². The summed E-state index contributed by atoms with van der Waals surface area (Å²) in [6.45, 7) is 0.886. The van der Waals surface area contributed by atoms with Gasteiger partial charge in [-0.1, -0.05) is 15.9 Å². The maximum absolute atomic E-state index is 12.7. The molecule has 138 valence electrons. The van der Waals surface area contributed by atoms with E-state index in [1.54, 1.807) is 35.2 Å². The normalized spacial score (nSPS) is 15.8. The molecule has 1 aromatic heterocycles. The van der Waals surface area contributed by atoms with Gasteiger partial charge in [-0.2, -0.15) is 4.31 Å². The summed E-state index contributed by atoms with van der Waals surface area (Å²) in [7, 11) is -3.58. The highest BCUT2D eigenvalue weighted by Crippen LogP contribution is 2.20. The van der Waals surface area contributed by atoms with Crippen LogP contribution in [0.2, 0.25) is 0 Å². The molecule has 0 atom stereocenters. The number of halogens is 1. The molecule has 1 aliphatic rings. The van der Waals surface area contributed by atoms with E-state index < -0.39 is 15.7 Å². The van der Waals surface area contributed by atoms with E-state index >= 15 is 0 Å². The standard InChI is InChI=1S/C16H17BrN4O4S/c17-13-2-4-14(5-3-13)26(24,25)21-10-8-19(9-11-21)15(22)12-20-7-1-6-18-16(20)23/h1-7H,8-12H2. The fourth-order valence-electron chi connectivity index (χ4n) is 2.69. The van der Waals surface area contributed by atoms with Gasteiger partial charge in [0.1, 0.15) is 6.54 Å². The topological polar surface area (TPSA) is 92.6 Å². The first-order valence-electron chi connectivity index (χ1n) is 7.93. The van der Waals surface area contributed by atoms with Gasteiger partial charge in [-0.05, 0) is 30.3 Å². The quantitative estimate of drug-likeness (QED) is 0.691. The summed E-state index contributed by atoms with van der Waals surface area (Å²) in [5.74, 6) is -0.235. The van der Waals surface area contributed by atoms with Gasteiger partial charge >= 0.3 is 5.69 Å². The van der Waals surface area contributed by atoms with Crippen LogP contribution in [0.4, 0.5) is 0 Å². The van der Waals surface area contributed by atoms with E-state index in [1.165, 1.54) is 21.3 Å². The first-order chi connectivity index (χ1) is 12.4. The van der Waals surface area contributed by atoms with Crippen molar-refractivity contribution in [3.63, 3.8) is 0 Å². The third-order valence-corrected chi connectivity index (χ3v) is 6.57. The molecule has 10 heteroatoms. The number of sulfonamides is 1. The van der Waals surface area contributed by atoms with Gasteiger partial charge in [0, 0.05) is 43.0 Å². The van der Waals surface area contributed by atoms with Gasteiger partial charge in [0.15, 0.2) is 0 Å². The highest BCUT2D eigenvalue weighted by molar-refractivity contribution is 9.10. The summed E-state index contributed by atoms with van der Waals surface area (Å²) in [6.07, 6.45) is 2.87. The van der Waals surface area contributed by atoms with E-state index in [0.717, 1.165) is 4.47 Å². The van der Waals surface area contributed by atoms with E-state index in [0.29, 0.717) is 0 Å². The highest BCUT2D eigenvalue weighted by atomic mass is 79.9. The third kappa shape index (κ3) is 4.02. The van der Waals surface area contributed by atoms with Crippen molar-refractivity contribution >= 4 is 31.9 Å². The number of benzene rings is 1. The second-order valence-corrected chi connectivity index (χ2v) is 8.62. The molecule has 0 spiro atoms. The number of hydrogen-bond acceptors (Lipinski definition) is 5. The first kappa shape index (κ1) is 18.7. The molecule has 1 fully saturated rings. The molecular formula is C16H17BrN4O4S. The van der Waals surface area contributed by atoms with E-state index in [-0.39, 0.29) is 43.5 Å². The van der Waals surface area contributed by atoms with Crippen LogP contribution in [0.25, 0.3) is 0 Å². The Balaban J connectivity index is 1.63. The summed E-state index contributed by atoms with van der Waals surface area (Å²) in [5.41, 5.74) is -0.489. The van der Waals surface area contributed by atoms with Crippen molar-refractivity contribution in [1.29, 1.82) is 0 Å². The van der Waals surface area contributed by atoms with E-state index in [1.807, 2.05) is 0 Å². The van der Waals surface area contributed by atoms with Crippen LogP contribution < -0.4 is 5.69 Å². The Morgan fingerprint density at radius 1 is 1.12 bits per heavy atom. The molecule has 1 aromatic carbocycles. The zero-order chi connectivity index (χ0) is 18.7. The molecule has 3 rings (SSSR count). The molecule has 26 heavy (non-hydrogen) atoms. The van der Waals surface area contributed by atoms with Crippen molar-refractivity contribution in [2.75, 3.05) is 26.2 Å². The predicted molar refractivity (Wildman–Crippen MR) is 98.0 cm³/mol. The van der Waals surface area contributed by atoms with Crippen LogP contribution >= 0.6 is 15.9 Å². The van der Waals surface area contributed by atoms with E-state index in [2.05, 4.69) is 20.9 Å². The molecule has 0 bridgehead atoms. The van der Waals surface area contributed by atoms with Crippen molar-refractivity contribution in [2.45, 2.75) is 11.4 Å². The number of nitrogens with zero attached hydrogens (tertiary/aromatic N) is 4. The lowest BCUT2D eigenvalue weighted by molar-refractivity contribution is -0.133. The number of amides is 1. The lowest BCUT2D eigenvalue weighted by Crippen LogP contribution is -2.51. The number of carbonyl (C=O) groups excluding carboxylic acids is 1. The van der Waals surface area contributed by atoms with Crippen molar-refractivity contribution in [3.8, 4) is 0 Å². The molecule has 2 aromatic rings. The zero-order valence-corrected chi connectivity index (χ0v) is 16.2. The molecule has 1 saturated heterocycles. The molecule has 2 heterocycles. The SMILES string of the molecule is O=C(Cn1cccnc1=O)N1CCN(S(=O)(=O)c2ccc(Br)cc2)CC1. The summed E-state index contributed by atoms with van der Waals surface area (Å²) < 4.78 is 28.7. The largest absolute Gasteiger partial charge is 0.347 e. The van der Waals surface area contributed by atoms with Crippen molar-refractivity contribution < 1.29 is 13.2 Å². The summed E-state index contributed by atoms with van der Waals surface area (Å²) in [6, 6.07) is 8.03. The van der Waals surface area contributed by atoms with Gasteiger partial charge in [-0.15, -0.1) is 0 Å². The Morgan fingerprint density at radius 3 is 2.38 bits per heavy atom. The van der Waals surface area contributed by atoms with E-state index in [4.69, 9.17) is 0 Å². The van der Waals surface area contributed by atoms with Crippen molar-refractivity contribution in [2.24, 2.45) is 0 Å². The van der Waals surface area contributed by atoms with Crippen LogP contribution in [-0.4, -0.2) is 59.3 Å². The molecule has 0 aliphatic carbocycles. The minimum absolute atomic E-state index is 0.105. The van der Waals surface area contributed by atoms with Crippen LogP contribution in [-0.2, 0) is 21.4 Å². The van der Waals surface area contributed by atoms with Crippen LogP contribution in [0.5, 0.6) is 0 Å². The first-order valence-corrected chi connectivity index (χ1v) is 10.2. The molecule has 0 unspecified atom stereocenters. The number of rotatable bonds is 4. The van der Waals surface area contributed by atoms with Gasteiger partial charge < -0.3 is 4.90 Å². The summed E-state index contributed by atoms with van der Waals surface area (Å²) in [4.78, 5) is 29.3. The van der Waals surface area contributed by atoms with Crippen LogP contribution in [0.3, 0.4) is 0 Å². The molecule has 0 N–H and O–H groups in total. The molecule has 1 aliphatic heterocycles. The number of piperazine rings is 1. The fourth-order valence-corrected chi connectivity index (χ4v) is 4.37. The number of aromatic nitrogens is 2.